The highest BCUT2D eigenvalue weighted by molar-refractivity contribution is 7.80. The second kappa shape index (κ2) is 6.93. The maximum absolute atomic E-state index is 10.8. The van der Waals surface area contributed by atoms with Crippen LogP contribution in [0.25, 0.3) is 0 Å². The van der Waals surface area contributed by atoms with Crippen LogP contribution >= 0.6 is 12.6 Å². The van der Waals surface area contributed by atoms with E-state index in [-0.39, 0.29) is 5.91 Å². The summed E-state index contributed by atoms with van der Waals surface area (Å²) in [5.74, 6) is 0.869. The first-order valence-electron chi connectivity index (χ1n) is 3.68. The molecule has 0 aliphatic carbocycles. The lowest BCUT2D eigenvalue weighted by molar-refractivity contribution is -0.121. The third kappa shape index (κ3) is 5.95. The number of hydrogen-bond acceptors (Lipinski definition) is 2. The quantitative estimate of drug-likeness (QED) is 0.583. The average Bonchev–Trinajstić information content (AvgIpc) is 1.97. The van der Waals surface area contributed by atoms with Crippen LogP contribution in [0.1, 0.15) is 26.2 Å². The topological polar surface area (TPSA) is 29.1 Å². The average molecular weight is 161 g/mol. The van der Waals surface area contributed by atoms with E-state index in [2.05, 4.69) is 24.9 Å². The molecule has 2 nitrogen and oxygen atoms in total. The van der Waals surface area contributed by atoms with Gasteiger partial charge in [0, 0.05) is 18.7 Å². The van der Waals surface area contributed by atoms with Crippen molar-refractivity contribution in [3.8, 4) is 0 Å². The Kier molecular flexibility index (Phi) is 6.81. The van der Waals surface area contributed by atoms with E-state index in [0.717, 1.165) is 18.6 Å². The van der Waals surface area contributed by atoms with E-state index in [4.69, 9.17) is 0 Å². The minimum absolute atomic E-state index is 0.149. The van der Waals surface area contributed by atoms with Gasteiger partial charge in [0.05, 0.1) is 0 Å². The molecule has 0 aliphatic heterocycles. The number of rotatable bonds is 5. The number of hydrogen-bond donors (Lipinski definition) is 2. The Morgan fingerprint density at radius 2 is 2.30 bits per heavy atom. The van der Waals surface area contributed by atoms with Crippen molar-refractivity contribution in [2.24, 2.45) is 0 Å². The zero-order valence-corrected chi connectivity index (χ0v) is 7.29. The van der Waals surface area contributed by atoms with Crippen LogP contribution in [0, 0.1) is 0 Å². The van der Waals surface area contributed by atoms with Gasteiger partial charge in [-0.05, 0) is 6.42 Å². The van der Waals surface area contributed by atoms with Crippen LogP contribution in [0.15, 0.2) is 0 Å². The molecule has 1 N–H and O–H groups in total. The molecule has 0 heterocycles. The molecule has 0 atom stereocenters. The van der Waals surface area contributed by atoms with Gasteiger partial charge in [-0.2, -0.15) is 12.6 Å². The molecule has 0 aromatic heterocycles. The van der Waals surface area contributed by atoms with Crippen LogP contribution in [-0.2, 0) is 4.79 Å². The molecule has 0 saturated heterocycles. The molecular weight excluding hydrogens is 146 g/mol. The van der Waals surface area contributed by atoms with Crippen molar-refractivity contribution in [1.82, 2.24) is 5.32 Å². The van der Waals surface area contributed by atoms with Crippen molar-refractivity contribution in [1.29, 1.82) is 0 Å². The van der Waals surface area contributed by atoms with Gasteiger partial charge < -0.3 is 5.32 Å². The zero-order chi connectivity index (χ0) is 7.82. The summed E-state index contributed by atoms with van der Waals surface area (Å²) >= 11 is 3.97. The van der Waals surface area contributed by atoms with Crippen LogP contribution < -0.4 is 5.32 Å². The first-order valence-corrected chi connectivity index (χ1v) is 4.32. The number of carbonyl (C=O) groups excluding carboxylic acids is 1. The van der Waals surface area contributed by atoms with Gasteiger partial charge in [-0.25, -0.2) is 0 Å². The largest absolute Gasteiger partial charge is 0.355 e. The van der Waals surface area contributed by atoms with E-state index in [0.29, 0.717) is 13.0 Å². The third-order valence-corrected chi connectivity index (χ3v) is 1.41. The molecule has 0 rings (SSSR count). The molecule has 0 unspecified atom stereocenters. The number of amides is 1. The van der Waals surface area contributed by atoms with Crippen LogP contribution in [-0.4, -0.2) is 18.2 Å². The molecule has 0 bridgehead atoms. The van der Waals surface area contributed by atoms with Gasteiger partial charge in [0.1, 0.15) is 0 Å². The number of unbranched alkanes of at least 4 members (excludes halogenated alkanes) is 1. The fourth-order valence-electron chi connectivity index (χ4n) is 0.621. The molecule has 0 aromatic carbocycles. The summed E-state index contributed by atoms with van der Waals surface area (Å²) in [5, 5.41) is 2.75. The molecule has 10 heavy (non-hydrogen) atoms. The summed E-state index contributed by atoms with van der Waals surface area (Å²) in [7, 11) is 0. The van der Waals surface area contributed by atoms with E-state index in [1.165, 1.54) is 0 Å². The maximum atomic E-state index is 10.8. The fourth-order valence-corrected chi connectivity index (χ4v) is 0.733. The van der Waals surface area contributed by atoms with Gasteiger partial charge in [0.25, 0.3) is 0 Å². The Hall–Kier alpha value is -0.180. The van der Waals surface area contributed by atoms with Gasteiger partial charge in [-0.3, -0.25) is 4.79 Å². The number of carbonyl (C=O) groups is 1. The number of nitrogens with one attached hydrogen (secondary N) is 1. The molecule has 0 aromatic rings. The monoisotopic (exact) mass is 161 g/mol. The summed E-state index contributed by atoms with van der Waals surface area (Å²) < 4.78 is 0. The van der Waals surface area contributed by atoms with Gasteiger partial charge in [-0.1, -0.05) is 13.3 Å². The van der Waals surface area contributed by atoms with Crippen LogP contribution in [0.2, 0.25) is 0 Å². The van der Waals surface area contributed by atoms with Crippen molar-refractivity contribution in [3.05, 3.63) is 0 Å². The Morgan fingerprint density at radius 1 is 1.60 bits per heavy atom. The van der Waals surface area contributed by atoms with Crippen LogP contribution in [0.5, 0.6) is 0 Å². The molecule has 1 amide bonds. The summed E-state index contributed by atoms with van der Waals surface area (Å²) in [6, 6.07) is 0. The number of thiol groups is 1. The lowest BCUT2D eigenvalue weighted by Gasteiger charge is -2.00. The zero-order valence-electron chi connectivity index (χ0n) is 6.39. The van der Waals surface area contributed by atoms with E-state index in [9.17, 15) is 4.79 Å². The van der Waals surface area contributed by atoms with Gasteiger partial charge >= 0.3 is 0 Å². The van der Waals surface area contributed by atoms with E-state index in [1.807, 2.05) is 0 Å². The molecule has 0 fully saturated rings. The minimum atomic E-state index is 0.149. The van der Waals surface area contributed by atoms with Crippen LogP contribution in [0.3, 0.4) is 0 Å². The standard InChI is InChI=1S/C7H15NOS/c1-2-3-4-7(9)8-5-6-10/h10H,2-6H2,1H3,(H,8,9). The predicted octanol–water partition coefficient (Wildman–Crippen LogP) is 1.22. The van der Waals surface area contributed by atoms with Crippen LogP contribution in [0.4, 0.5) is 0 Å². The van der Waals surface area contributed by atoms with E-state index >= 15 is 0 Å². The van der Waals surface area contributed by atoms with Crippen molar-refractivity contribution in [2.45, 2.75) is 26.2 Å². The minimum Gasteiger partial charge on any atom is -0.355 e. The first-order chi connectivity index (χ1) is 4.81. The summed E-state index contributed by atoms with van der Waals surface area (Å²) in [5.41, 5.74) is 0. The second-order valence-electron chi connectivity index (χ2n) is 2.18. The molecule has 0 saturated carbocycles. The molecule has 0 radical (unpaired) electrons. The molecular formula is C7H15NOS. The molecule has 3 heteroatoms. The Labute approximate surface area is 67.8 Å². The lowest BCUT2D eigenvalue weighted by atomic mass is 10.2. The van der Waals surface area contributed by atoms with Crippen molar-refractivity contribution < 1.29 is 4.79 Å². The molecule has 0 aliphatic rings. The van der Waals surface area contributed by atoms with Crippen molar-refractivity contribution in [3.63, 3.8) is 0 Å². The second-order valence-corrected chi connectivity index (χ2v) is 2.62. The lowest BCUT2D eigenvalue weighted by Crippen LogP contribution is -2.24. The Bertz CT molecular complexity index is 85.6. The van der Waals surface area contributed by atoms with E-state index < -0.39 is 0 Å². The SMILES string of the molecule is CCCCC(=O)NCCS. The predicted molar refractivity (Wildman–Crippen MR) is 46.4 cm³/mol. The Morgan fingerprint density at radius 3 is 2.80 bits per heavy atom. The highest BCUT2D eigenvalue weighted by Crippen LogP contribution is 1.92. The normalized spacial score (nSPS) is 9.40. The van der Waals surface area contributed by atoms with Crippen molar-refractivity contribution in [2.75, 3.05) is 12.3 Å². The summed E-state index contributed by atoms with van der Waals surface area (Å²) in [6.45, 7) is 2.76. The maximum Gasteiger partial charge on any atom is 0.220 e. The van der Waals surface area contributed by atoms with E-state index in [1.54, 1.807) is 0 Å². The summed E-state index contributed by atoms with van der Waals surface area (Å²) in [4.78, 5) is 10.8. The molecule has 0 spiro atoms. The highest BCUT2D eigenvalue weighted by Gasteiger charge is 1.96. The summed E-state index contributed by atoms with van der Waals surface area (Å²) in [6.07, 6.45) is 2.72. The molecule has 60 valence electrons. The Balaban J connectivity index is 3.09. The third-order valence-electron chi connectivity index (χ3n) is 1.19. The fraction of sp³-hybridized carbons (Fsp3) is 0.857. The van der Waals surface area contributed by atoms with Gasteiger partial charge in [0.15, 0.2) is 0 Å². The van der Waals surface area contributed by atoms with Gasteiger partial charge in [-0.15, -0.1) is 0 Å². The smallest absolute Gasteiger partial charge is 0.220 e. The van der Waals surface area contributed by atoms with Gasteiger partial charge in [0.2, 0.25) is 5.91 Å². The van der Waals surface area contributed by atoms with Crippen molar-refractivity contribution >= 4 is 18.5 Å². The highest BCUT2D eigenvalue weighted by atomic mass is 32.1. The first kappa shape index (κ1) is 9.82.